The van der Waals surface area contributed by atoms with Crippen LogP contribution in [0.4, 0.5) is 0 Å². The Morgan fingerprint density at radius 1 is 1.04 bits per heavy atom. The monoisotopic (exact) mass is 359 g/mol. The predicted molar refractivity (Wildman–Crippen MR) is 109 cm³/mol. The molecular formula is C23H25N3O. The van der Waals surface area contributed by atoms with Gasteiger partial charge < -0.3 is 5.32 Å². The molecule has 0 bridgehead atoms. The lowest BCUT2D eigenvalue weighted by molar-refractivity contribution is 0.0822. The number of fused-ring (bicyclic) bond motifs is 2. The Morgan fingerprint density at radius 2 is 1.78 bits per heavy atom. The molecule has 2 aromatic carbocycles. The molecule has 138 valence electrons. The normalized spacial score (nSPS) is 14.7. The molecule has 4 rings (SSSR count). The average molecular weight is 359 g/mol. The van der Waals surface area contributed by atoms with Gasteiger partial charge in [-0.1, -0.05) is 48.5 Å². The Kier molecular flexibility index (Phi) is 4.66. The number of benzene rings is 2. The summed E-state index contributed by atoms with van der Waals surface area (Å²) in [4.78, 5) is 19.6. The number of carbonyl (C=O) groups is 1. The van der Waals surface area contributed by atoms with Crippen molar-refractivity contribution in [3.63, 3.8) is 0 Å². The highest BCUT2D eigenvalue weighted by molar-refractivity contribution is 5.94. The average Bonchev–Trinajstić information content (AvgIpc) is 2.71. The summed E-state index contributed by atoms with van der Waals surface area (Å²) >= 11 is 0. The van der Waals surface area contributed by atoms with E-state index >= 15 is 0 Å². The Hall–Kier alpha value is -2.72. The van der Waals surface area contributed by atoms with Crippen molar-refractivity contribution in [2.24, 2.45) is 0 Å². The summed E-state index contributed by atoms with van der Waals surface area (Å²) in [5.41, 5.74) is 4.01. The van der Waals surface area contributed by atoms with Crippen LogP contribution in [-0.4, -0.2) is 34.4 Å². The number of para-hydroxylation sites is 1. The molecule has 1 aliphatic rings. The second kappa shape index (κ2) is 7.12. The third-order valence-electron chi connectivity index (χ3n) is 5.50. The van der Waals surface area contributed by atoms with Gasteiger partial charge in [0, 0.05) is 30.6 Å². The first kappa shape index (κ1) is 17.7. The van der Waals surface area contributed by atoms with Crippen LogP contribution in [0.25, 0.3) is 10.9 Å². The van der Waals surface area contributed by atoms with E-state index in [0.29, 0.717) is 12.2 Å². The molecule has 4 heteroatoms. The number of pyridine rings is 1. The van der Waals surface area contributed by atoms with Crippen molar-refractivity contribution >= 4 is 16.8 Å². The molecule has 2 heterocycles. The molecule has 27 heavy (non-hydrogen) atoms. The zero-order valence-corrected chi connectivity index (χ0v) is 15.9. The number of amides is 1. The summed E-state index contributed by atoms with van der Waals surface area (Å²) in [5, 5.41) is 4.13. The smallest absolute Gasteiger partial charge is 0.269 e. The number of aromatic nitrogens is 1. The van der Waals surface area contributed by atoms with Crippen LogP contribution in [0, 0.1) is 0 Å². The fraction of sp³-hybridized carbons (Fsp3) is 0.304. The maximum absolute atomic E-state index is 12.6. The zero-order chi connectivity index (χ0) is 18.9. The third kappa shape index (κ3) is 3.71. The predicted octanol–water partition coefficient (Wildman–Crippen LogP) is 3.80. The first-order valence-corrected chi connectivity index (χ1v) is 9.49. The molecule has 1 aliphatic heterocycles. The van der Waals surface area contributed by atoms with Crippen molar-refractivity contribution in [1.29, 1.82) is 0 Å². The minimum atomic E-state index is -0.125. The molecule has 1 amide bonds. The van der Waals surface area contributed by atoms with E-state index in [1.165, 1.54) is 11.1 Å². The highest BCUT2D eigenvalue weighted by atomic mass is 16.1. The largest absolute Gasteiger partial charge is 0.349 e. The lowest BCUT2D eigenvalue weighted by atomic mass is 9.94. The topological polar surface area (TPSA) is 45.2 Å². The summed E-state index contributed by atoms with van der Waals surface area (Å²) in [6.07, 6.45) is 1.06. The maximum Gasteiger partial charge on any atom is 0.269 e. The SMILES string of the molecule is CC(C)(CNC(=O)c1ccc2ccccc2n1)N1CCc2ccccc2C1. The molecule has 1 aromatic heterocycles. The Bertz CT molecular complexity index is 980. The molecule has 3 aromatic rings. The van der Waals surface area contributed by atoms with Crippen LogP contribution in [0.1, 0.15) is 35.5 Å². The van der Waals surface area contributed by atoms with Gasteiger partial charge in [0.15, 0.2) is 0 Å². The Labute approximate surface area is 160 Å². The van der Waals surface area contributed by atoms with Crippen LogP contribution in [0.5, 0.6) is 0 Å². The van der Waals surface area contributed by atoms with Crippen LogP contribution in [-0.2, 0) is 13.0 Å². The van der Waals surface area contributed by atoms with E-state index in [9.17, 15) is 4.79 Å². The number of nitrogens with zero attached hydrogens (tertiary/aromatic N) is 2. The van der Waals surface area contributed by atoms with E-state index < -0.39 is 0 Å². The first-order valence-electron chi connectivity index (χ1n) is 9.49. The van der Waals surface area contributed by atoms with Gasteiger partial charge in [-0.05, 0) is 43.5 Å². The van der Waals surface area contributed by atoms with E-state index in [-0.39, 0.29) is 11.4 Å². The van der Waals surface area contributed by atoms with Crippen molar-refractivity contribution < 1.29 is 4.79 Å². The fourth-order valence-corrected chi connectivity index (χ4v) is 3.70. The van der Waals surface area contributed by atoms with Gasteiger partial charge in [0.25, 0.3) is 5.91 Å². The summed E-state index contributed by atoms with van der Waals surface area (Å²) in [6, 6.07) is 20.2. The number of hydrogen-bond acceptors (Lipinski definition) is 3. The Balaban J connectivity index is 1.43. The molecule has 1 N–H and O–H groups in total. The fourth-order valence-electron chi connectivity index (χ4n) is 3.70. The molecule has 0 aliphatic carbocycles. The van der Waals surface area contributed by atoms with Crippen molar-refractivity contribution in [3.05, 3.63) is 77.5 Å². The molecule has 4 nitrogen and oxygen atoms in total. The van der Waals surface area contributed by atoms with Gasteiger partial charge in [0.05, 0.1) is 5.52 Å². The highest BCUT2D eigenvalue weighted by Gasteiger charge is 2.30. The van der Waals surface area contributed by atoms with Gasteiger partial charge in [-0.2, -0.15) is 0 Å². The summed E-state index contributed by atoms with van der Waals surface area (Å²) in [5.74, 6) is -0.119. The van der Waals surface area contributed by atoms with E-state index in [2.05, 4.69) is 53.3 Å². The molecule has 0 fully saturated rings. The highest BCUT2D eigenvalue weighted by Crippen LogP contribution is 2.25. The first-order chi connectivity index (χ1) is 13.0. The van der Waals surface area contributed by atoms with E-state index in [0.717, 1.165) is 30.4 Å². The molecular weight excluding hydrogens is 334 g/mol. The minimum Gasteiger partial charge on any atom is -0.349 e. The molecule has 0 radical (unpaired) electrons. The molecule has 0 saturated carbocycles. The lowest BCUT2D eigenvalue weighted by Gasteiger charge is -2.41. The van der Waals surface area contributed by atoms with Gasteiger partial charge in [-0.3, -0.25) is 9.69 Å². The van der Waals surface area contributed by atoms with E-state index in [1.54, 1.807) is 6.07 Å². The van der Waals surface area contributed by atoms with Crippen LogP contribution >= 0.6 is 0 Å². The number of carbonyl (C=O) groups excluding carboxylic acids is 1. The summed E-state index contributed by atoms with van der Waals surface area (Å²) in [7, 11) is 0. The number of nitrogens with one attached hydrogen (secondary N) is 1. The van der Waals surface area contributed by atoms with E-state index in [4.69, 9.17) is 0 Å². The summed E-state index contributed by atoms with van der Waals surface area (Å²) < 4.78 is 0. The van der Waals surface area contributed by atoms with Crippen molar-refractivity contribution in [2.45, 2.75) is 32.4 Å². The second-order valence-corrected chi connectivity index (χ2v) is 7.82. The van der Waals surface area contributed by atoms with Gasteiger partial charge in [-0.15, -0.1) is 0 Å². The maximum atomic E-state index is 12.6. The molecule has 0 atom stereocenters. The molecule has 0 unspecified atom stereocenters. The van der Waals surface area contributed by atoms with E-state index in [1.807, 2.05) is 30.3 Å². The van der Waals surface area contributed by atoms with Gasteiger partial charge in [0.1, 0.15) is 5.69 Å². The Morgan fingerprint density at radius 3 is 2.63 bits per heavy atom. The number of rotatable bonds is 4. The van der Waals surface area contributed by atoms with Crippen LogP contribution < -0.4 is 5.32 Å². The van der Waals surface area contributed by atoms with Gasteiger partial charge in [0.2, 0.25) is 0 Å². The minimum absolute atomic E-state index is 0.119. The van der Waals surface area contributed by atoms with Gasteiger partial charge >= 0.3 is 0 Å². The summed E-state index contributed by atoms with van der Waals surface area (Å²) in [6.45, 7) is 6.90. The van der Waals surface area contributed by atoms with Gasteiger partial charge in [-0.25, -0.2) is 4.98 Å². The van der Waals surface area contributed by atoms with Crippen molar-refractivity contribution in [1.82, 2.24) is 15.2 Å². The second-order valence-electron chi connectivity index (χ2n) is 7.82. The van der Waals surface area contributed by atoms with Crippen LogP contribution in [0.3, 0.4) is 0 Å². The standard InChI is InChI=1S/C23H25N3O/c1-23(2,26-14-13-17-7-3-4-9-19(17)15-26)16-24-22(27)21-12-11-18-8-5-6-10-20(18)25-21/h3-12H,13-16H2,1-2H3,(H,24,27). The molecule has 0 saturated heterocycles. The van der Waals surface area contributed by atoms with Crippen molar-refractivity contribution in [2.75, 3.05) is 13.1 Å². The molecule has 0 spiro atoms. The number of hydrogen-bond donors (Lipinski definition) is 1. The van der Waals surface area contributed by atoms with Crippen LogP contribution in [0.15, 0.2) is 60.7 Å². The van der Waals surface area contributed by atoms with Crippen molar-refractivity contribution in [3.8, 4) is 0 Å². The van der Waals surface area contributed by atoms with Crippen LogP contribution in [0.2, 0.25) is 0 Å². The quantitative estimate of drug-likeness (QED) is 0.771. The zero-order valence-electron chi connectivity index (χ0n) is 15.9. The lowest BCUT2D eigenvalue weighted by Crippen LogP contribution is -2.53. The third-order valence-corrected chi connectivity index (χ3v) is 5.50.